The molecule has 1 unspecified atom stereocenters. The molecule has 7 rings (SSSR count). The van der Waals surface area contributed by atoms with Crippen LogP contribution < -0.4 is 10.1 Å². The van der Waals surface area contributed by atoms with Gasteiger partial charge < -0.3 is 19.4 Å². The van der Waals surface area contributed by atoms with Gasteiger partial charge in [-0.15, -0.1) is 10.2 Å². The Morgan fingerprint density at radius 3 is 2.51 bits per heavy atom. The Bertz CT molecular complexity index is 1400. The molecule has 0 aromatic carbocycles. The lowest BCUT2D eigenvalue weighted by molar-refractivity contribution is -0.137. The Hall–Kier alpha value is -2.99. The number of nitrogens with zero attached hydrogens (tertiary/aromatic N) is 6. The maximum absolute atomic E-state index is 13.0. The molecule has 1 N–H and O–H groups in total. The van der Waals surface area contributed by atoms with E-state index in [1.165, 1.54) is 37.7 Å². The quantitative estimate of drug-likeness (QED) is 0.381. The highest BCUT2D eigenvalue weighted by Gasteiger charge is 2.47. The van der Waals surface area contributed by atoms with E-state index in [1.54, 1.807) is 0 Å². The van der Waals surface area contributed by atoms with Crippen molar-refractivity contribution in [2.24, 2.45) is 18.4 Å². The second kappa shape index (κ2) is 11.5. The average molecular weight is 600 g/mol. The van der Waals surface area contributed by atoms with E-state index in [1.807, 2.05) is 11.6 Å². The molecule has 5 heterocycles. The van der Waals surface area contributed by atoms with Crippen LogP contribution in [0.25, 0.3) is 0 Å². The first kappa shape index (κ1) is 28.8. The van der Waals surface area contributed by atoms with Crippen molar-refractivity contribution in [3.8, 4) is 5.88 Å². The van der Waals surface area contributed by atoms with Gasteiger partial charge in [0.25, 0.3) is 0 Å². The number of pyridine rings is 1. The van der Waals surface area contributed by atoms with Crippen molar-refractivity contribution in [3.05, 3.63) is 53.5 Å². The van der Waals surface area contributed by atoms with Crippen LogP contribution in [0.4, 0.5) is 13.2 Å². The van der Waals surface area contributed by atoms with E-state index in [9.17, 15) is 13.2 Å². The van der Waals surface area contributed by atoms with Crippen molar-refractivity contribution in [2.45, 2.75) is 94.6 Å². The molecule has 4 fully saturated rings. The van der Waals surface area contributed by atoms with E-state index in [4.69, 9.17) is 14.6 Å². The number of aromatic nitrogens is 6. The molecule has 1 atom stereocenters. The van der Waals surface area contributed by atoms with Gasteiger partial charge in [0.1, 0.15) is 12.4 Å². The number of halogens is 3. The molecule has 2 aliphatic carbocycles. The summed E-state index contributed by atoms with van der Waals surface area (Å²) in [6.45, 7) is 3.17. The van der Waals surface area contributed by atoms with Crippen molar-refractivity contribution >= 4 is 0 Å². The van der Waals surface area contributed by atoms with E-state index < -0.39 is 11.7 Å². The number of alkyl halides is 3. The number of hydrogen-bond donors (Lipinski definition) is 1. The molecule has 232 valence electrons. The molecule has 0 radical (unpaired) electrons. The normalized spacial score (nSPS) is 29.1. The summed E-state index contributed by atoms with van der Waals surface area (Å²) in [5, 5.41) is 16.9. The molecule has 12 heteroatoms. The lowest BCUT2D eigenvalue weighted by Gasteiger charge is -2.38. The highest BCUT2D eigenvalue weighted by molar-refractivity contribution is 5.23. The van der Waals surface area contributed by atoms with Gasteiger partial charge in [0, 0.05) is 49.9 Å². The molecule has 2 aliphatic heterocycles. The van der Waals surface area contributed by atoms with Crippen LogP contribution in [0.1, 0.15) is 98.4 Å². The zero-order chi connectivity index (χ0) is 29.6. The SMILES string of the molecule is Cn1c(COc2cc(C(F)(F)F)ccn2)nnc1C1CCC(c2cnn(C3CCC(C4CC5(CNC5)CO4)CC3)c2)CC1. The zero-order valence-corrected chi connectivity index (χ0v) is 24.6. The minimum absolute atomic E-state index is 0.000190. The summed E-state index contributed by atoms with van der Waals surface area (Å²) >= 11 is 0. The van der Waals surface area contributed by atoms with Crippen LogP contribution in [0.15, 0.2) is 30.7 Å². The third-order valence-electron chi connectivity index (χ3n) is 10.5. The molecule has 2 saturated carbocycles. The van der Waals surface area contributed by atoms with Crippen LogP contribution in [0.2, 0.25) is 0 Å². The molecular formula is C31H40F3N7O2. The van der Waals surface area contributed by atoms with Crippen LogP contribution in [0, 0.1) is 11.3 Å². The highest BCUT2D eigenvalue weighted by atomic mass is 19.4. The van der Waals surface area contributed by atoms with Crippen LogP contribution in [-0.4, -0.2) is 55.3 Å². The topological polar surface area (TPSA) is 91.9 Å². The maximum atomic E-state index is 13.0. The summed E-state index contributed by atoms with van der Waals surface area (Å²) in [5.41, 5.74) is 0.966. The van der Waals surface area contributed by atoms with Gasteiger partial charge in [-0.3, -0.25) is 4.68 Å². The second-order valence-electron chi connectivity index (χ2n) is 13.2. The summed E-state index contributed by atoms with van der Waals surface area (Å²) in [7, 11) is 1.89. The second-order valence-corrected chi connectivity index (χ2v) is 13.2. The Kier molecular flexibility index (Phi) is 7.69. The van der Waals surface area contributed by atoms with Crippen molar-refractivity contribution in [2.75, 3.05) is 19.7 Å². The monoisotopic (exact) mass is 599 g/mol. The van der Waals surface area contributed by atoms with E-state index >= 15 is 0 Å². The maximum Gasteiger partial charge on any atom is 0.416 e. The van der Waals surface area contributed by atoms with Gasteiger partial charge in [-0.25, -0.2) is 4.98 Å². The fourth-order valence-corrected chi connectivity index (χ4v) is 7.70. The zero-order valence-electron chi connectivity index (χ0n) is 24.6. The van der Waals surface area contributed by atoms with Gasteiger partial charge in [-0.05, 0) is 81.3 Å². The molecule has 3 aromatic rings. The molecule has 2 saturated heterocycles. The van der Waals surface area contributed by atoms with E-state index in [2.05, 4.69) is 37.6 Å². The van der Waals surface area contributed by atoms with Gasteiger partial charge in [0.15, 0.2) is 5.82 Å². The highest BCUT2D eigenvalue weighted by Crippen LogP contribution is 2.45. The average Bonchev–Trinajstić information content (AvgIpc) is 3.75. The van der Waals surface area contributed by atoms with Gasteiger partial charge in [0.05, 0.1) is 30.5 Å². The van der Waals surface area contributed by atoms with Crippen molar-refractivity contribution in [3.63, 3.8) is 0 Å². The van der Waals surface area contributed by atoms with Crippen LogP contribution >= 0.6 is 0 Å². The van der Waals surface area contributed by atoms with E-state index in [0.29, 0.717) is 35.2 Å². The Morgan fingerprint density at radius 1 is 1.05 bits per heavy atom. The summed E-state index contributed by atoms with van der Waals surface area (Å²) in [6.07, 6.45) is 11.6. The predicted octanol–water partition coefficient (Wildman–Crippen LogP) is 5.56. The lowest BCUT2D eigenvalue weighted by Crippen LogP contribution is -2.54. The number of nitrogens with one attached hydrogen (secondary N) is 1. The van der Waals surface area contributed by atoms with E-state index in [0.717, 1.165) is 69.5 Å². The van der Waals surface area contributed by atoms with Crippen LogP contribution in [0.5, 0.6) is 5.88 Å². The molecule has 1 spiro atoms. The molecule has 0 amide bonds. The number of rotatable bonds is 7. The minimum atomic E-state index is -4.45. The van der Waals surface area contributed by atoms with Crippen molar-refractivity contribution in [1.82, 2.24) is 34.8 Å². The minimum Gasteiger partial charge on any atom is -0.469 e. The molecule has 3 aromatic heterocycles. The molecule has 43 heavy (non-hydrogen) atoms. The lowest BCUT2D eigenvalue weighted by atomic mass is 9.75. The predicted molar refractivity (Wildman–Crippen MR) is 151 cm³/mol. The fraction of sp³-hybridized carbons (Fsp3) is 0.677. The molecular weight excluding hydrogens is 559 g/mol. The number of ether oxygens (including phenoxy) is 2. The smallest absolute Gasteiger partial charge is 0.416 e. The first-order valence-corrected chi connectivity index (χ1v) is 15.7. The number of hydrogen-bond acceptors (Lipinski definition) is 7. The first-order chi connectivity index (χ1) is 20.8. The van der Waals surface area contributed by atoms with Gasteiger partial charge in [-0.2, -0.15) is 18.3 Å². The van der Waals surface area contributed by atoms with Gasteiger partial charge in [0.2, 0.25) is 5.88 Å². The first-order valence-electron chi connectivity index (χ1n) is 15.7. The van der Waals surface area contributed by atoms with Gasteiger partial charge in [-0.1, -0.05) is 0 Å². The summed E-state index contributed by atoms with van der Waals surface area (Å²) < 4.78 is 54.9. The molecule has 0 bridgehead atoms. The fourth-order valence-electron chi connectivity index (χ4n) is 7.70. The van der Waals surface area contributed by atoms with Crippen molar-refractivity contribution < 1.29 is 22.6 Å². The third-order valence-corrected chi connectivity index (χ3v) is 10.5. The molecule has 9 nitrogen and oxygen atoms in total. The Labute approximate surface area is 249 Å². The van der Waals surface area contributed by atoms with Gasteiger partial charge >= 0.3 is 6.18 Å². The Balaban J connectivity index is 0.893. The molecule has 4 aliphatic rings. The van der Waals surface area contributed by atoms with Crippen LogP contribution in [-0.2, 0) is 24.6 Å². The van der Waals surface area contributed by atoms with Crippen molar-refractivity contribution in [1.29, 1.82) is 0 Å². The summed E-state index contributed by atoms with van der Waals surface area (Å²) in [4.78, 5) is 3.90. The van der Waals surface area contributed by atoms with Crippen LogP contribution in [0.3, 0.4) is 0 Å². The third kappa shape index (κ3) is 5.92. The largest absolute Gasteiger partial charge is 0.469 e. The van der Waals surface area contributed by atoms with E-state index in [-0.39, 0.29) is 18.4 Å². The summed E-state index contributed by atoms with van der Waals surface area (Å²) in [6, 6.07) is 2.31. The summed E-state index contributed by atoms with van der Waals surface area (Å²) in [5.74, 6) is 2.83. The standard InChI is InChI=1S/C31H40F3N7O2/c1-40-27(16-42-28-12-24(10-11-36-28)31(32,33)34)38-39-29(40)22-4-2-20(3-5-22)23-14-37-41(15-23)25-8-6-21(7-9-25)26-13-30(19-43-26)17-35-18-30/h10-12,14-15,20-22,25-26,35H,2-9,13,16-19H2,1H3. The Morgan fingerprint density at radius 2 is 1.81 bits per heavy atom.